The lowest BCUT2D eigenvalue weighted by Crippen LogP contribution is -2.50. The summed E-state index contributed by atoms with van der Waals surface area (Å²) in [7, 11) is 1.70. The summed E-state index contributed by atoms with van der Waals surface area (Å²) in [5.41, 5.74) is 2.88. The van der Waals surface area contributed by atoms with Crippen LogP contribution in [0, 0.1) is 6.92 Å². The van der Waals surface area contributed by atoms with Gasteiger partial charge >= 0.3 is 0 Å². The van der Waals surface area contributed by atoms with Gasteiger partial charge in [-0.1, -0.05) is 18.2 Å². The Bertz CT molecular complexity index is 1230. The first kappa shape index (κ1) is 23.4. The molecule has 1 saturated heterocycles. The zero-order chi connectivity index (χ0) is 23.7. The molecule has 2 aliphatic heterocycles. The predicted octanol–water partition coefficient (Wildman–Crippen LogP) is 4.00. The van der Waals surface area contributed by atoms with Crippen molar-refractivity contribution in [2.24, 2.45) is 0 Å². The molecule has 0 N–H and O–H groups in total. The number of benzene rings is 1. The Morgan fingerprint density at radius 2 is 1.91 bits per heavy atom. The van der Waals surface area contributed by atoms with E-state index in [1.165, 1.54) is 4.88 Å². The van der Waals surface area contributed by atoms with E-state index >= 15 is 0 Å². The normalized spacial score (nSPS) is 18.3. The molecule has 6 nitrogen and oxygen atoms in total. The maximum atomic E-state index is 13.8. The highest BCUT2D eigenvalue weighted by Crippen LogP contribution is 2.45. The number of thioether (sulfide) groups is 1. The number of amides is 1. The molecule has 5 rings (SSSR count). The van der Waals surface area contributed by atoms with Crippen molar-refractivity contribution in [2.75, 3.05) is 46.4 Å². The first-order valence-corrected chi connectivity index (χ1v) is 13.4. The number of piperazine rings is 1. The van der Waals surface area contributed by atoms with E-state index in [0.717, 1.165) is 41.6 Å². The van der Waals surface area contributed by atoms with Gasteiger partial charge in [0.2, 0.25) is 0 Å². The minimum atomic E-state index is -0.176. The lowest BCUT2D eigenvalue weighted by Gasteiger charge is -2.35. The van der Waals surface area contributed by atoms with Crippen LogP contribution in [0.25, 0.3) is 5.69 Å². The van der Waals surface area contributed by atoms with Crippen molar-refractivity contribution in [1.29, 1.82) is 0 Å². The molecule has 0 bridgehead atoms. The van der Waals surface area contributed by atoms with Gasteiger partial charge in [-0.05, 0) is 30.5 Å². The third kappa shape index (κ3) is 4.47. The molecule has 2 aromatic heterocycles. The molecular weight excluding hydrogens is 466 g/mol. The molecule has 0 radical (unpaired) electrons. The van der Waals surface area contributed by atoms with Gasteiger partial charge in [0.1, 0.15) is 5.56 Å². The molecule has 0 spiro atoms. The minimum absolute atomic E-state index is 0.144. The zero-order valence-corrected chi connectivity index (χ0v) is 21.2. The van der Waals surface area contributed by atoms with Gasteiger partial charge in [-0.15, -0.1) is 23.1 Å². The summed E-state index contributed by atoms with van der Waals surface area (Å²) in [6, 6.07) is 14.1. The smallest absolute Gasteiger partial charge is 0.259 e. The summed E-state index contributed by atoms with van der Waals surface area (Å²) in [5, 5.41) is 2.24. The van der Waals surface area contributed by atoms with Crippen LogP contribution in [0.15, 0.2) is 57.5 Å². The van der Waals surface area contributed by atoms with Crippen LogP contribution in [0.1, 0.15) is 31.9 Å². The number of aromatic nitrogens is 1. The second-order valence-corrected chi connectivity index (χ2v) is 11.0. The van der Waals surface area contributed by atoms with Crippen LogP contribution in [-0.2, 0) is 11.2 Å². The fraction of sp³-hybridized carbons (Fsp3) is 0.385. The average Bonchev–Trinajstić information content (AvgIpc) is 3.32. The van der Waals surface area contributed by atoms with Gasteiger partial charge in [0, 0.05) is 78.7 Å². The third-order valence-corrected chi connectivity index (χ3v) is 9.04. The summed E-state index contributed by atoms with van der Waals surface area (Å²) in [4.78, 5) is 33.7. The van der Waals surface area contributed by atoms with Crippen molar-refractivity contribution < 1.29 is 9.53 Å². The number of hydrogen-bond acceptors (Lipinski definition) is 6. The standard InChI is InChI=1S/C26H29N3O3S2/c1-18-16-21(30)25(26(31)28-11-9-27(10-12-28)13-14-32-2)20-17-24(23-8-5-15-33-23)34-22-7-4-3-6-19(22)29(18)20/h3-8,15-16,24H,9-14,17H2,1-2H3. The molecule has 1 amide bonds. The molecule has 2 aliphatic rings. The van der Waals surface area contributed by atoms with Gasteiger partial charge in [-0.25, -0.2) is 0 Å². The Morgan fingerprint density at radius 1 is 1.12 bits per heavy atom. The van der Waals surface area contributed by atoms with E-state index in [9.17, 15) is 9.59 Å². The number of para-hydroxylation sites is 1. The number of ether oxygens (including phenoxy) is 1. The zero-order valence-electron chi connectivity index (χ0n) is 19.5. The number of aryl methyl sites for hydroxylation is 1. The van der Waals surface area contributed by atoms with Crippen LogP contribution in [0.4, 0.5) is 0 Å². The molecule has 4 heterocycles. The molecular formula is C26H29N3O3S2. The number of nitrogens with zero attached hydrogens (tertiary/aromatic N) is 3. The second kappa shape index (κ2) is 10.1. The van der Waals surface area contributed by atoms with Crippen LogP contribution in [0.5, 0.6) is 0 Å². The van der Waals surface area contributed by atoms with Crippen LogP contribution in [0.2, 0.25) is 0 Å². The number of methoxy groups -OCH3 is 1. The van der Waals surface area contributed by atoms with Gasteiger partial charge < -0.3 is 14.2 Å². The van der Waals surface area contributed by atoms with Gasteiger partial charge in [0.05, 0.1) is 12.3 Å². The Labute approximate surface area is 208 Å². The molecule has 1 unspecified atom stereocenters. The van der Waals surface area contributed by atoms with E-state index in [4.69, 9.17) is 4.74 Å². The molecule has 1 fully saturated rings. The second-order valence-electron chi connectivity index (χ2n) is 8.73. The van der Waals surface area contributed by atoms with Crippen molar-refractivity contribution in [2.45, 2.75) is 23.5 Å². The molecule has 3 aromatic rings. The Morgan fingerprint density at radius 3 is 2.65 bits per heavy atom. The highest BCUT2D eigenvalue weighted by Gasteiger charge is 2.32. The van der Waals surface area contributed by atoms with Crippen molar-refractivity contribution in [1.82, 2.24) is 14.4 Å². The lowest BCUT2D eigenvalue weighted by atomic mass is 10.0. The van der Waals surface area contributed by atoms with Crippen molar-refractivity contribution in [3.8, 4) is 5.69 Å². The summed E-state index contributed by atoms with van der Waals surface area (Å²) >= 11 is 3.54. The van der Waals surface area contributed by atoms with E-state index < -0.39 is 0 Å². The maximum Gasteiger partial charge on any atom is 0.259 e. The molecule has 8 heteroatoms. The lowest BCUT2D eigenvalue weighted by molar-refractivity contribution is 0.0591. The average molecular weight is 496 g/mol. The first-order valence-electron chi connectivity index (χ1n) is 11.6. The van der Waals surface area contributed by atoms with Gasteiger partial charge in [-0.3, -0.25) is 14.5 Å². The Kier molecular flexibility index (Phi) is 6.92. The van der Waals surface area contributed by atoms with E-state index in [1.54, 1.807) is 24.5 Å². The van der Waals surface area contributed by atoms with Gasteiger partial charge in [0.15, 0.2) is 5.43 Å². The number of fused-ring (bicyclic) bond motifs is 3. The predicted molar refractivity (Wildman–Crippen MR) is 138 cm³/mol. The molecule has 0 aliphatic carbocycles. The number of pyridine rings is 1. The van der Waals surface area contributed by atoms with E-state index in [1.807, 2.05) is 29.7 Å². The number of thiophene rings is 1. The minimum Gasteiger partial charge on any atom is -0.383 e. The monoisotopic (exact) mass is 495 g/mol. The highest BCUT2D eigenvalue weighted by molar-refractivity contribution is 7.99. The molecule has 34 heavy (non-hydrogen) atoms. The first-order chi connectivity index (χ1) is 16.6. The SMILES string of the molecule is COCCN1CCN(C(=O)c2c3n(c(C)cc2=O)-c2ccccc2SC(c2cccs2)C3)CC1. The van der Waals surface area contributed by atoms with Crippen LogP contribution < -0.4 is 5.43 Å². The maximum absolute atomic E-state index is 13.8. The summed E-state index contributed by atoms with van der Waals surface area (Å²) < 4.78 is 7.33. The van der Waals surface area contributed by atoms with Crippen molar-refractivity contribution in [3.05, 3.63) is 79.9 Å². The Hall–Kier alpha value is -2.39. The summed E-state index contributed by atoms with van der Waals surface area (Å²) in [5.74, 6) is -0.144. The van der Waals surface area contributed by atoms with E-state index in [-0.39, 0.29) is 16.6 Å². The number of carbonyl (C=O) groups excluding carboxylic acids is 1. The number of carbonyl (C=O) groups is 1. The van der Waals surface area contributed by atoms with Gasteiger partial charge in [0.25, 0.3) is 5.91 Å². The third-order valence-electron chi connectivity index (χ3n) is 6.60. The van der Waals surface area contributed by atoms with E-state index in [0.29, 0.717) is 31.7 Å². The number of hydrogen-bond donors (Lipinski definition) is 0. The van der Waals surface area contributed by atoms with E-state index in [2.05, 4.69) is 45.2 Å². The molecule has 178 valence electrons. The largest absolute Gasteiger partial charge is 0.383 e. The summed E-state index contributed by atoms with van der Waals surface area (Å²) in [6.45, 7) is 6.33. The van der Waals surface area contributed by atoms with Crippen molar-refractivity contribution >= 4 is 29.0 Å². The topological polar surface area (TPSA) is 54.8 Å². The number of rotatable bonds is 5. The fourth-order valence-corrected chi connectivity index (χ4v) is 7.05. The van der Waals surface area contributed by atoms with Gasteiger partial charge in [-0.2, -0.15) is 0 Å². The van der Waals surface area contributed by atoms with Crippen LogP contribution in [-0.4, -0.2) is 66.7 Å². The highest BCUT2D eigenvalue weighted by atomic mass is 32.2. The molecule has 0 saturated carbocycles. The molecule has 1 atom stereocenters. The quantitative estimate of drug-likeness (QED) is 0.536. The van der Waals surface area contributed by atoms with Crippen molar-refractivity contribution in [3.63, 3.8) is 0 Å². The Balaban J connectivity index is 1.56. The van der Waals surface area contributed by atoms with Crippen LogP contribution >= 0.6 is 23.1 Å². The van der Waals surface area contributed by atoms with Crippen LogP contribution in [0.3, 0.4) is 0 Å². The fourth-order valence-electron chi connectivity index (χ4n) is 4.85. The molecule has 1 aromatic carbocycles. The summed E-state index contributed by atoms with van der Waals surface area (Å²) in [6.07, 6.45) is 0.631.